The molecule has 0 aliphatic carbocycles. The molecule has 0 aliphatic rings. The fourth-order valence-corrected chi connectivity index (χ4v) is 3.33. The summed E-state index contributed by atoms with van der Waals surface area (Å²) in [6, 6.07) is 14.0. The average Bonchev–Trinajstić information content (AvgIpc) is 2.59. The summed E-state index contributed by atoms with van der Waals surface area (Å²) in [4.78, 5) is 12.3. The first-order valence-corrected chi connectivity index (χ1v) is 9.69. The van der Waals surface area contributed by atoms with E-state index >= 15 is 0 Å². The third-order valence-corrected chi connectivity index (χ3v) is 4.83. The molecule has 0 unspecified atom stereocenters. The average molecular weight is 362 g/mol. The predicted molar refractivity (Wildman–Crippen MR) is 99.6 cm³/mol. The second-order valence-corrected chi connectivity index (χ2v) is 7.44. The van der Waals surface area contributed by atoms with Crippen molar-refractivity contribution in [3.63, 3.8) is 0 Å². The zero-order valence-electron chi connectivity index (χ0n) is 14.5. The molecule has 0 saturated carbocycles. The van der Waals surface area contributed by atoms with E-state index in [2.05, 4.69) is 5.32 Å². The summed E-state index contributed by atoms with van der Waals surface area (Å²) in [6.07, 6.45) is 1.77. The number of amides is 1. The van der Waals surface area contributed by atoms with Gasteiger partial charge in [-0.3, -0.25) is 9.10 Å². The number of anilines is 2. The number of hydrogen-bond acceptors (Lipinski definition) is 4. The molecule has 0 fully saturated rings. The first-order chi connectivity index (χ1) is 11.8. The Kier molecular flexibility index (Phi) is 6.03. The summed E-state index contributed by atoms with van der Waals surface area (Å²) in [5.41, 5.74) is 1.96. The van der Waals surface area contributed by atoms with Crippen LogP contribution in [0.15, 0.2) is 48.5 Å². The number of carbonyl (C=O) groups is 1. The van der Waals surface area contributed by atoms with Crippen molar-refractivity contribution in [3.8, 4) is 5.75 Å². The van der Waals surface area contributed by atoms with E-state index in [1.807, 2.05) is 19.1 Å². The standard InChI is InChI=1S/C18H22N2O4S/c1-4-14-7-5-6-8-17(14)20(25(3,22)23)13-18(21)19-15-9-11-16(24-2)12-10-15/h5-12H,4,13H2,1-3H3,(H,19,21). The number of hydrogen-bond donors (Lipinski definition) is 1. The number of ether oxygens (including phenoxy) is 1. The van der Waals surface area contributed by atoms with E-state index in [-0.39, 0.29) is 6.54 Å². The van der Waals surface area contributed by atoms with Crippen molar-refractivity contribution in [1.29, 1.82) is 0 Å². The van der Waals surface area contributed by atoms with E-state index in [0.717, 1.165) is 16.1 Å². The van der Waals surface area contributed by atoms with Crippen LogP contribution in [0.1, 0.15) is 12.5 Å². The van der Waals surface area contributed by atoms with E-state index < -0.39 is 15.9 Å². The lowest BCUT2D eigenvalue weighted by Gasteiger charge is -2.24. The maximum absolute atomic E-state index is 12.3. The Morgan fingerprint density at radius 2 is 1.76 bits per heavy atom. The van der Waals surface area contributed by atoms with E-state index in [1.165, 1.54) is 0 Å². The number of rotatable bonds is 7. The first kappa shape index (κ1) is 18.8. The van der Waals surface area contributed by atoms with Crippen LogP contribution in [0.5, 0.6) is 5.75 Å². The molecule has 0 radical (unpaired) electrons. The summed E-state index contributed by atoms with van der Waals surface area (Å²) >= 11 is 0. The number of methoxy groups -OCH3 is 1. The first-order valence-electron chi connectivity index (χ1n) is 7.84. The minimum absolute atomic E-state index is 0.290. The van der Waals surface area contributed by atoms with Gasteiger partial charge in [0.15, 0.2) is 0 Å². The van der Waals surface area contributed by atoms with Gasteiger partial charge in [-0.25, -0.2) is 8.42 Å². The molecular weight excluding hydrogens is 340 g/mol. The molecule has 0 heterocycles. The van der Waals surface area contributed by atoms with E-state index in [4.69, 9.17) is 4.74 Å². The van der Waals surface area contributed by atoms with Gasteiger partial charge in [-0.05, 0) is 42.3 Å². The van der Waals surface area contributed by atoms with Gasteiger partial charge in [0.2, 0.25) is 15.9 Å². The van der Waals surface area contributed by atoms with Crippen molar-refractivity contribution in [2.24, 2.45) is 0 Å². The third-order valence-electron chi connectivity index (χ3n) is 3.70. The number of aryl methyl sites for hydroxylation is 1. The van der Waals surface area contributed by atoms with Crippen LogP contribution in [-0.4, -0.2) is 34.2 Å². The molecule has 0 atom stereocenters. The summed E-state index contributed by atoms with van der Waals surface area (Å²) < 4.78 is 30.6. The normalized spacial score (nSPS) is 11.0. The summed E-state index contributed by atoms with van der Waals surface area (Å²) in [5.74, 6) is 0.258. The number of para-hydroxylation sites is 1. The van der Waals surface area contributed by atoms with Gasteiger partial charge in [0.1, 0.15) is 12.3 Å². The van der Waals surface area contributed by atoms with Gasteiger partial charge in [0.05, 0.1) is 19.1 Å². The highest BCUT2D eigenvalue weighted by Crippen LogP contribution is 2.23. The summed E-state index contributed by atoms with van der Waals surface area (Å²) in [5, 5.41) is 2.70. The summed E-state index contributed by atoms with van der Waals surface area (Å²) in [7, 11) is -2.04. The zero-order valence-corrected chi connectivity index (χ0v) is 15.3. The SMILES string of the molecule is CCc1ccccc1N(CC(=O)Nc1ccc(OC)cc1)S(C)(=O)=O. The lowest BCUT2D eigenvalue weighted by Crippen LogP contribution is -2.38. The summed E-state index contributed by atoms with van der Waals surface area (Å²) in [6.45, 7) is 1.65. The molecule has 0 bridgehead atoms. The number of nitrogens with one attached hydrogen (secondary N) is 1. The van der Waals surface area contributed by atoms with Gasteiger partial charge >= 0.3 is 0 Å². The Bertz CT molecular complexity index is 832. The topological polar surface area (TPSA) is 75.7 Å². The molecule has 1 amide bonds. The van der Waals surface area contributed by atoms with Crippen molar-refractivity contribution >= 4 is 27.3 Å². The Hall–Kier alpha value is -2.54. The third kappa shape index (κ3) is 4.96. The second kappa shape index (κ2) is 8.02. The van der Waals surface area contributed by atoms with Crippen LogP contribution in [0.3, 0.4) is 0 Å². The molecule has 0 spiro atoms. The molecule has 2 rings (SSSR count). The van der Waals surface area contributed by atoms with Gasteiger partial charge in [0, 0.05) is 5.69 Å². The molecule has 6 nitrogen and oxygen atoms in total. The molecule has 2 aromatic rings. The number of carbonyl (C=O) groups excluding carboxylic acids is 1. The maximum atomic E-state index is 12.3. The maximum Gasteiger partial charge on any atom is 0.245 e. The molecule has 25 heavy (non-hydrogen) atoms. The van der Waals surface area contributed by atoms with Crippen LogP contribution in [0, 0.1) is 0 Å². The molecule has 0 aromatic heterocycles. The van der Waals surface area contributed by atoms with E-state index in [9.17, 15) is 13.2 Å². The molecule has 0 saturated heterocycles. The highest BCUT2D eigenvalue weighted by atomic mass is 32.2. The molecule has 7 heteroatoms. The largest absolute Gasteiger partial charge is 0.497 e. The van der Waals surface area contributed by atoms with Crippen molar-refractivity contribution in [1.82, 2.24) is 0 Å². The predicted octanol–water partition coefficient (Wildman–Crippen LogP) is 2.66. The van der Waals surface area contributed by atoms with Crippen LogP contribution in [-0.2, 0) is 21.2 Å². The molecular formula is C18H22N2O4S. The van der Waals surface area contributed by atoms with Crippen molar-refractivity contribution < 1.29 is 17.9 Å². The van der Waals surface area contributed by atoms with Gasteiger partial charge in [0.25, 0.3) is 0 Å². The monoisotopic (exact) mass is 362 g/mol. The van der Waals surface area contributed by atoms with Crippen LogP contribution in [0.2, 0.25) is 0 Å². The quantitative estimate of drug-likeness (QED) is 0.822. The fourth-order valence-electron chi connectivity index (χ4n) is 2.44. The highest BCUT2D eigenvalue weighted by molar-refractivity contribution is 7.92. The Morgan fingerprint density at radius 1 is 1.12 bits per heavy atom. The minimum atomic E-state index is -3.60. The number of sulfonamides is 1. The smallest absolute Gasteiger partial charge is 0.245 e. The highest BCUT2D eigenvalue weighted by Gasteiger charge is 2.22. The van der Waals surface area contributed by atoms with Crippen molar-refractivity contribution in [2.45, 2.75) is 13.3 Å². The van der Waals surface area contributed by atoms with Gasteiger partial charge in [-0.15, -0.1) is 0 Å². The van der Waals surface area contributed by atoms with Crippen LogP contribution in [0.25, 0.3) is 0 Å². The van der Waals surface area contributed by atoms with Crippen LogP contribution < -0.4 is 14.4 Å². The van der Waals surface area contributed by atoms with Gasteiger partial charge in [-0.1, -0.05) is 25.1 Å². The Morgan fingerprint density at radius 3 is 2.32 bits per heavy atom. The Balaban J connectivity index is 2.21. The van der Waals surface area contributed by atoms with Crippen molar-refractivity contribution in [3.05, 3.63) is 54.1 Å². The number of nitrogens with zero attached hydrogens (tertiary/aromatic N) is 1. The molecule has 134 valence electrons. The molecule has 2 aromatic carbocycles. The lowest BCUT2D eigenvalue weighted by molar-refractivity contribution is -0.114. The lowest BCUT2D eigenvalue weighted by atomic mass is 10.1. The minimum Gasteiger partial charge on any atom is -0.497 e. The second-order valence-electron chi connectivity index (χ2n) is 5.53. The molecule has 1 N–H and O–H groups in total. The van der Waals surface area contributed by atoms with E-state index in [0.29, 0.717) is 23.5 Å². The van der Waals surface area contributed by atoms with Crippen LogP contribution in [0.4, 0.5) is 11.4 Å². The molecule has 0 aliphatic heterocycles. The zero-order chi connectivity index (χ0) is 18.4. The van der Waals surface area contributed by atoms with Gasteiger partial charge < -0.3 is 10.1 Å². The Labute approximate surface area is 148 Å². The van der Waals surface area contributed by atoms with E-state index in [1.54, 1.807) is 43.5 Å². The van der Waals surface area contributed by atoms with Crippen molar-refractivity contribution in [2.75, 3.05) is 29.5 Å². The van der Waals surface area contributed by atoms with Crippen LogP contribution >= 0.6 is 0 Å². The number of benzene rings is 2. The fraction of sp³-hybridized carbons (Fsp3) is 0.278. The van der Waals surface area contributed by atoms with Gasteiger partial charge in [-0.2, -0.15) is 0 Å².